The van der Waals surface area contributed by atoms with Gasteiger partial charge in [0.15, 0.2) is 11.5 Å². The highest BCUT2D eigenvalue weighted by molar-refractivity contribution is 5.50. The van der Waals surface area contributed by atoms with Crippen LogP contribution in [0.4, 0.5) is 0 Å². The summed E-state index contributed by atoms with van der Waals surface area (Å²) in [5, 5.41) is 0. The average molecular weight is 1050 g/mol. The Labute approximate surface area is 473 Å². The van der Waals surface area contributed by atoms with Gasteiger partial charge in [0.1, 0.15) is 0 Å². The topological polar surface area (TPSA) is 27.7 Å². The second-order valence-corrected chi connectivity index (χ2v) is 24.2. The molecule has 0 N–H and O–H groups in total. The molecule has 75 heavy (non-hydrogen) atoms. The molecule has 0 saturated heterocycles. The molecule has 0 spiro atoms. The average Bonchev–Trinajstić information content (AvgIpc) is 3.42. The SMILES string of the molecule is CCCCCCCCCCCCCCCCCCCCCCOc1c[c]cc(OCCCCCCCCCCCCCCCCCCCCCC)c1OCCCCCCCCCCCCCCCCCCCCCC. The van der Waals surface area contributed by atoms with Crippen molar-refractivity contribution in [1.29, 1.82) is 0 Å². The molecule has 1 aromatic carbocycles. The fourth-order valence-corrected chi connectivity index (χ4v) is 11.4. The van der Waals surface area contributed by atoms with Crippen LogP contribution in [0.3, 0.4) is 0 Å². The summed E-state index contributed by atoms with van der Waals surface area (Å²) in [6.45, 7) is 9.14. The van der Waals surface area contributed by atoms with Crippen molar-refractivity contribution in [2.24, 2.45) is 0 Å². The third kappa shape index (κ3) is 54.4. The smallest absolute Gasteiger partial charge is 0.203 e. The van der Waals surface area contributed by atoms with E-state index in [1.807, 2.05) is 12.1 Å². The Morgan fingerprint density at radius 3 is 0.520 bits per heavy atom. The Kier molecular flexibility index (Phi) is 60.6. The van der Waals surface area contributed by atoms with Crippen LogP contribution in [0.25, 0.3) is 0 Å². The summed E-state index contributed by atoms with van der Waals surface area (Å²) < 4.78 is 19.4. The molecule has 3 nitrogen and oxygen atoms in total. The van der Waals surface area contributed by atoms with Crippen molar-refractivity contribution in [2.45, 2.75) is 406 Å². The fourth-order valence-electron chi connectivity index (χ4n) is 11.4. The van der Waals surface area contributed by atoms with Gasteiger partial charge in [-0.25, -0.2) is 0 Å². The second-order valence-electron chi connectivity index (χ2n) is 24.2. The maximum absolute atomic E-state index is 6.53. The highest BCUT2D eigenvalue weighted by atomic mass is 16.5. The van der Waals surface area contributed by atoms with Crippen molar-refractivity contribution in [2.75, 3.05) is 19.8 Å². The molecule has 0 aliphatic carbocycles. The fraction of sp³-hybridized carbons (Fsp3) is 0.917. The van der Waals surface area contributed by atoms with Gasteiger partial charge in [-0.15, -0.1) is 0 Å². The van der Waals surface area contributed by atoms with E-state index in [2.05, 4.69) is 26.8 Å². The molecule has 1 radical (unpaired) electrons. The van der Waals surface area contributed by atoms with Gasteiger partial charge in [-0.05, 0) is 37.5 Å². The summed E-state index contributed by atoms with van der Waals surface area (Å²) in [5.41, 5.74) is 0. The summed E-state index contributed by atoms with van der Waals surface area (Å²) >= 11 is 0. The van der Waals surface area contributed by atoms with E-state index in [1.165, 1.54) is 366 Å². The quantitative estimate of drug-likeness (QED) is 0.0609. The van der Waals surface area contributed by atoms with Crippen molar-refractivity contribution in [3.05, 3.63) is 18.2 Å². The van der Waals surface area contributed by atoms with Crippen molar-refractivity contribution >= 4 is 0 Å². The summed E-state index contributed by atoms with van der Waals surface area (Å²) in [5.74, 6) is 2.46. The van der Waals surface area contributed by atoms with E-state index in [9.17, 15) is 0 Å². The first-order chi connectivity index (χ1) is 37.3. The van der Waals surface area contributed by atoms with E-state index in [4.69, 9.17) is 14.2 Å². The van der Waals surface area contributed by atoms with E-state index in [1.54, 1.807) is 0 Å². The molecule has 3 heteroatoms. The standard InChI is InChI=1S/C72H137O3/c1-4-7-10-13-16-19-22-25-28-31-34-37-40-43-46-49-52-55-58-61-67-73-70-65-64-66-71(74-68-62-59-56-53-50-47-44-41-38-35-32-29-26-23-20-17-14-11-8-5-2)72(70)75-69-63-60-57-54-51-48-45-42-39-36-33-30-27-24-21-18-15-12-9-6-3/h65-66H,4-63,67-69H2,1-3H3. The van der Waals surface area contributed by atoms with E-state index in [0.717, 1.165) is 56.3 Å². The van der Waals surface area contributed by atoms with Crippen molar-refractivity contribution < 1.29 is 14.2 Å². The largest absolute Gasteiger partial charge is 0.490 e. The number of hydrogen-bond donors (Lipinski definition) is 0. The van der Waals surface area contributed by atoms with Crippen LogP contribution in [0.5, 0.6) is 17.2 Å². The molecule has 0 amide bonds. The Bertz CT molecular complexity index is 1120. The zero-order chi connectivity index (χ0) is 53.5. The van der Waals surface area contributed by atoms with Crippen molar-refractivity contribution in [1.82, 2.24) is 0 Å². The van der Waals surface area contributed by atoms with Crippen LogP contribution in [0.1, 0.15) is 406 Å². The lowest BCUT2D eigenvalue weighted by Crippen LogP contribution is -2.06. The number of unbranched alkanes of at least 4 members (excludes halogenated alkanes) is 57. The van der Waals surface area contributed by atoms with Gasteiger partial charge in [-0.1, -0.05) is 387 Å². The van der Waals surface area contributed by atoms with Gasteiger partial charge in [-0.2, -0.15) is 0 Å². The third-order valence-electron chi connectivity index (χ3n) is 16.6. The molecule has 1 rings (SSSR count). The summed E-state index contributed by atoms with van der Waals surface area (Å²) in [6.07, 6.45) is 84.2. The van der Waals surface area contributed by atoms with Gasteiger partial charge in [0.05, 0.1) is 19.8 Å². The lowest BCUT2D eigenvalue weighted by molar-refractivity contribution is 0.234. The minimum atomic E-state index is 0.730. The van der Waals surface area contributed by atoms with Crippen LogP contribution in [-0.4, -0.2) is 19.8 Å². The molecule has 443 valence electrons. The van der Waals surface area contributed by atoms with Crippen LogP contribution in [0.2, 0.25) is 0 Å². The molecule has 0 atom stereocenters. The Morgan fingerprint density at radius 1 is 0.200 bits per heavy atom. The number of ether oxygens (including phenoxy) is 3. The molecule has 0 aromatic heterocycles. The molecule has 0 aliphatic rings. The van der Waals surface area contributed by atoms with Gasteiger partial charge < -0.3 is 14.2 Å². The second kappa shape index (κ2) is 63.5. The monoisotopic (exact) mass is 1050 g/mol. The Hall–Kier alpha value is -1.38. The molecular formula is C72H137O3. The molecule has 0 unspecified atom stereocenters. The summed E-state index contributed by atoms with van der Waals surface area (Å²) in [6, 6.07) is 7.29. The minimum absolute atomic E-state index is 0.730. The van der Waals surface area contributed by atoms with E-state index in [-0.39, 0.29) is 0 Å². The van der Waals surface area contributed by atoms with Crippen molar-refractivity contribution in [3.8, 4) is 17.2 Å². The van der Waals surface area contributed by atoms with Gasteiger partial charge in [0.2, 0.25) is 5.75 Å². The first kappa shape index (κ1) is 71.6. The first-order valence-electron chi connectivity index (χ1n) is 35.3. The van der Waals surface area contributed by atoms with Gasteiger partial charge >= 0.3 is 0 Å². The third-order valence-corrected chi connectivity index (χ3v) is 16.6. The number of hydrogen-bond acceptors (Lipinski definition) is 3. The maximum Gasteiger partial charge on any atom is 0.203 e. The van der Waals surface area contributed by atoms with Crippen LogP contribution >= 0.6 is 0 Å². The van der Waals surface area contributed by atoms with E-state index in [0.29, 0.717) is 0 Å². The van der Waals surface area contributed by atoms with Crippen molar-refractivity contribution in [3.63, 3.8) is 0 Å². The first-order valence-corrected chi connectivity index (χ1v) is 35.3. The molecule has 0 fully saturated rings. The Balaban J connectivity index is 2.25. The molecule has 0 saturated carbocycles. The summed E-state index contributed by atoms with van der Waals surface area (Å²) in [7, 11) is 0. The number of rotatable bonds is 66. The van der Waals surface area contributed by atoms with Gasteiger partial charge in [-0.3, -0.25) is 0 Å². The van der Waals surface area contributed by atoms with Crippen LogP contribution in [0.15, 0.2) is 12.1 Å². The van der Waals surface area contributed by atoms with E-state index < -0.39 is 0 Å². The van der Waals surface area contributed by atoms with Crippen LogP contribution in [0, 0.1) is 6.07 Å². The molecule has 0 heterocycles. The predicted molar refractivity (Wildman–Crippen MR) is 336 cm³/mol. The lowest BCUT2D eigenvalue weighted by Gasteiger charge is -2.17. The van der Waals surface area contributed by atoms with Gasteiger partial charge in [0.25, 0.3) is 0 Å². The predicted octanol–water partition coefficient (Wildman–Crippen LogP) is 26.1. The highest BCUT2D eigenvalue weighted by Gasteiger charge is 2.14. The highest BCUT2D eigenvalue weighted by Crippen LogP contribution is 2.38. The molecule has 0 bridgehead atoms. The van der Waals surface area contributed by atoms with Gasteiger partial charge in [0, 0.05) is 0 Å². The molecule has 1 aromatic rings. The zero-order valence-corrected chi connectivity index (χ0v) is 51.9. The Morgan fingerprint density at radius 2 is 0.347 bits per heavy atom. The van der Waals surface area contributed by atoms with Crippen LogP contribution < -0.4 is 14.2 Å². The van der Waals surface area contributed by atoms with E-state index >= 15 is 0 Å². The molecule has 0 aliphatic heterocycles. The van der Waals surface area contributed by atoms with Crippen LogP contribution in [-0.2, 0) is 0 Å². The normalized spacial score (nSPS) is 11.6. The zero-order valence-electron chi connectivity index (χ0n) is 51.9. The lowest BCUT2D eigenvalue weighted by atomic mass is 10.0. The summed E-state index contributed by atoms with van der Waals surface area (Å²) in [4.78, 5) is 0. The maximum atomic E-state index is 6.53. The number of benzene rings is 1. The minimum Gasteiger partial charge on any atom is -0.490 e. The molecular weight excluding hydrogens is 913 g/mol.